The van der Waals surface area contributed by atoms with E-state index in [2.05, 4.69) is 30.6 Å². The van der Waals surface area contributed by atoms with E-state index in [0.29, 0.717) is 6.04 Å². The van der Waals surface area contributed by atoms with Crippen LogP contribution in [0.4, 0.5) is 0 Å². The van der Waals surface area contributed by atoms with E-state index in [-0.39, 0.29) is 0 Å². The second-order valence-corrected chi connectivity index (χ2v) is 5.49. The van der Waals surface area contributed by atoms with E-state index in [1.54, 1.807) is 0 Å². The van der Waals surface area contributed by atoms with Gasteiger partial charge in [0.25, 0.3) is 0 Å². The van der Waals surface area contributed by atoms with Crippen LogP contribution in [0.5, 0.6) is 0 Å². The summed E-state index contributed by atoms with van der Waals surface area (Å²) in [6.07, 6.45) is 7.23. The molecule has 1 aliphatic rings. The number of nitrogens with one attached hydrogen (secondary N) is 1. The maximum Gasteiger partial charge on any atom is 0.117 e. The van der Waals surface area contributed by atoms with Crippen LogP contribution in [0.3, 0.4) is 0 Å². The Balaban J connectivity index is 1.82. The molecule has 2 atom stereocenters. The van der Waals surface area contributed by atoms with Gasteiger partial charge in [0.05, 0.1) is 6.54 Å². The minimum Gasteiger partial charge on any atom is -0.465 e. The number of hydrogen-bond donors (Lipinski definition) is 1. The van der Waals surface area contributed by atoms with E-state index in [9.17, 15) is 0 Å². The Kier molecular flexibility index (Phi) is 4.36. The predicted octanol–water partition coefficient (Wildman–Crippen LogP) is 3.22. The molecule has 1 saturated carbocycles. The highest BCUT2D eigenvalue weighted by atomic mass is 32.2. The molecule has 1 fully saturated rings. The van der Waals surface area contributed by atoms with E-state index < -0.39 is 0 Å². The third-order valence-electron chi connectivity index (χ3n) is 3.36. The number of thioether (sulfide) groups is 1. The van der Waals surface area contributed by atoms with Gasteiger partial charge < -0.3 is 9.73 Å². The van der Waals surface area contributed by atoms with Gasteiger partial charge in [-0.15, -0.1) is 0 Å². The zero-order chi connectivity index (χ0) is 11.4. The van der Waals surface area contributed by atoms with Crippen molar-refractivity contribution < 1.29 is 4.42 Å². The smallest absolute Gasteiger partial charge is 0.117 e. The van der Waals surface area contributed by atoms with Gasteiger partial charge in [-0.25, -0.2) is 0 Å². The summed E-state index contributed by atoms with van der Waals surface area (Å²) >= 11 is 1.99. The first-order valence-electron chi connectivity index (χ1n) is 6.17. The minimum absolute atomic E-state index is 0.671. The Labute approximate surface area is 102 Å². The minimum atomic E-state index is 0.671. The van der Waals surface area contributed by atoms with Crippen molar-refractivity contribution in [3.63, 3.8) is 0 Å². The fourth-order valence-corrected chi connectivity index (χ4v) is 3.34. The zero-order valence-electron chi connectivity index (χ0n) is 10.2. The molecule has 0 aliphatic heterocycles. The summed E-state index contributed by atoms with van der Waals surface area (Å²) in [6.45, 7) is 3.00. The van der Waals surface area contributed by atoms with E-state index in [1.165, 1.54) is 19.3 Å². The van der Waals surface area contributed by atoms with Gasteiger partial charge in [0.15, 0.2) is 0 Å². The van der Waals surface area contributed by atoms with Crippen molar-refractivity contribution in [3.8, 4) is 0 Å². The van der Waals surface area contributed by atoms with Crippen molar-refractivity contribution in [1.29, 1.82) is 0 Å². The molecule has 0 radical (unpaired) electrons. The normalized spacial score (nSPS) is 25.1. The van der Waals surface area contributed by atoms with Gasteiger partial charge in [0.1, 0.15) is 11.5 Å². The lowest BCUT2D eigenvalue weighted by molar-refractivity contribution is 0.428. The maximum absolute atomic E-state index is 5.69. The van der Waals surface area contributed by atoms with Crippen LogP contribution in [-0.2, 0) is 13.0 Å². The summed E-state index contributed by atoms with van der Waals surface area (Å²) in [7, 11) is 0. The van der Waals surface area contributed by atoms with E-state index in [0.717, 1.165) is 29.7 Å². The molecular weight excluding hydrogens is 218 g/mol. The maximum atomic E-state index is 5.69. The largest absolute Gasteiger partial charge is 0.465 e. The molecule has 16 heavy (non-hydrogen) atoms. The SMILES string of the molecule is CCc1ccc(CNC2CCCC2SC)o1. The Hall–Kier alpha value is -0.410. The number of rotatable bonds is 5. The van der Waals surface area contributed by atoms with E-state index in [1.807, 2.05) is 11.8 Å². The first kappa shape index (κ1) is 12.1. The van der Waals surface area contributed by atoms with Crippen molar-refractivity contribution in [2.45, 2.75) is 50.4 Å². The third kappa shape index (κ3) is 2.83. The molecule has 0 amide bonds. The Morgan fingerprint density at radius 1 is 1.38 bits per heavy atom. The molecule has 1 aliphatic carbocycles. The molecule has 0 bridgehead atoms. The molecule has 1 aromatic rings. The van der Waals surface area contributed by atoms with Crippen molar-refractivity contribution in [3.05, 3.63) is 23.7 Å². The van der Waals surface area contributed by atoms with Crippen LogP contribution in [-0.4, -0.2) is 17.5 Å². The highest BCUT2D eigenvalue weighted by Crippen LogP contribution is 2.28. The lowest BCUT2D eigenvalue weighted by atomic mass is 10.2. The lowest BCUT2D eigenvalue weighted by Crippen LogP contribution is -2.33. The highest BCUT2D eigenvalue weighted by molar-refractivity contribution is 7.99. The molecule has 1 heterocycles. The lowest BCUT2D eigenvalue weighted by Gasteiger charge is -2.18. The molecule has 1 aromatic heterocycles. The Morgan fingerprint density at radius 2 is 2.19 bits per heavy atom. The molecule has 2 unspecified atom stereocenters. The monoisotopic (exact) mass is 239 g/mol. The van der Waals surface area contributed by atoms with Crippen LogP contribution in [0.25, 0.3) is 0 Å². The van der Waals surface area contributed by atoms with Gasteiger partial charge in [-0.1, -0.05) is 13.3 Å². The number of furan rings is 1. The van der Waals surface area contributed by atoms with Gasteiger partial charge in [0.2, 0.25) is 0 Å². The van der Waals surface area contributed by atoms with Gasteiger partial charge in [-0.05, 0) is 31.2 Å². The summed E-state index contributed by atoms with van der Waals surface area (Å²) < 4.78 is 5.69. The van der Waals surface area contributed by atoms with Gasteiger partial charge in [0, 0.05) is 17.7 Å². The first-order chi connectivity index (χ1) is 7.83. The van der Waals surface area contributed by atoms with Crippen LogP contribution in [0.15, 0.2) is 16.5 Å². The summed E-state index contributed by atoms with van der Waals surface area (Å²) in [5.74, 6) is 2.16. The Morgan fingerprint density at radius 3 is 2.88 bits per heavy atom. The molecule has 0 saturated heterocycles. The second kappa shape index (κ2) is 5.78. The highest BCUT2D eigenvalue weighted by Gasteiger charge is 2.25. The topological polar surface area (TPSA) is 25.2 Å². The summed E-state index contributed by atoms with van der Waals surface area (Å²) in [6, 6.07) is 4.84. The van der Waals surface area contributed by atoms with Crippen molar-refractivity contribution in [1.82, 2.24) is 5.32 Å². The molecule has 3 heteroatoms. The van der Waals surface area contributed by atoms with Crippen LogP contribution < -0.4 is 5.32 Å². The number of hydrogen-bond acceptors (Lipinski definition) is 3. The van der Waals surface area contributed by atoms with E-state index in [4.69, 9.17) is 4.42 Å². The molecule has 0 spiro atoms. The van der Waals surface area contributed by atoms with Crippen LogP contribution in [0, 0.1) is 0 Å². The molecule has 0 aromatic carbocycles. The molecule has 2 rings (SSSR count). The second-order valence-electron chi connectivity index (χ2n) is 4.41. The van der Waals surface area contributed by atoms with Gasteiger partial charge >= 0.3 is 0 Å². The van der Waals surface area contributed by atoms with Crippen molar-refractivity contribution in [2.75, 3.05) is 6.26 Å². The van der Waals surface area contributed by atoms with Crippen LogP contribution in [0.1, 0.15) is 37.7 Å². The first-order valence-corrected chi connectivity index (χ1v) is 7.46. The van der Waals surface area contributed by atoms with Gasteiger partial charge in [-0.2, -0.15) is 11.8 Å². The fourth-order valence-electron chi connectivity index (χ4n) is 2.38. The fraction of sp³-hybridized carbons (Fsp3) is 0.692. The van der Waals surface area contributed by atoms with E-state index >= 15 is 0 Å². The average molecular weight is 239 g/mol. The molecule has 1 N–H and O–H groups in total. The van der Waals surface area contributed by atoms with Crippen molar-refractivity contribution >= 4 is 11.8 Å². The zero-order valence-corrected chi connectivity index (χ0v) is 11.0. The number of aryl methyl sites for hydroxylation is 1. The van der Waals surface area contributed by atoms with Gasteiger partial charge in [-0.3, -0.25) is 0 Å². The van der Waals surface area contributed by atoms with Crippen molar-refractivity contribution in [2.24, 2.45) is 0 Å². The average Bonchev–Trinajstić information content (AvgIpc) is 2.94. The quantitative estimate of drug-likeness (QED) is 0.854. The summed E-state index contributed by atoms with van der Waals surface area (Å²) in [5.41, 5.74) is 0. The molecule has 90 valence electrons. The molecule has 2 nitrogen and oxygen atoms in total. The third-order valence-corrected chi connectivity index (χ3v) is 4.53. The summed E-state index contributed by atoms with van der Waals surface area (Å²) in [5, 5.41) is 4.41. The predicted molar refractivity (Wildman–Crippen MR) is 69.9 cm³/mol. The van der Waals surface area contributed by atoms with Crippen LogP contribution in [0.2, 0.25) is 0 Å². The Bertz CT molecular complexity index is 323. The standard InChI is InChI=1S/C13H21NOS/c1-3-10-7-8-11(15-10)9-14-12-5-4-6-13(12)16-2/h7-8,12-14H,3-6,9H2,1-2H3. The molecular formula is C13H21NOS. The van der Waals surface area contributed by atoms with Crippen LogP contribution >= 0.6 is 11.8 Å². The summed E-state index contributed by atoms with van der Waals surface area (Å²) in [4.78, 5) is 0.